The van der Waals surface area contributed by atoms with Gasteiger partial charge in [0, 0.05) is 28.9 Å². The minimum absolute atomic E-state index is 0.282. The molecule has 140 valence electrons. The van der Waals surface area contributed by atoms with Gasteiger partial charge in [0.1, 0.15) is 5.82 Å². The van der Waals surface area contributed by atoms with E-state index >= 15 is 0 Å². The van der Waals surface area contributed by atoms with Gasteiger partial charge in [-0.15, -0.1) is 0 Å². The fourth-order valence-electron chi connectivity index (χ4n) is 3.16. The molecule has 28 heavy (non-hydrogen) atoms. The van der Waals surface area contributed by atoms with Crippen molar-refractivity contribution in [1.29, 1.82) is 0 Å². The number of nitrogens with one attached hydrogen (secondary N) is 1. The van der Waals surface area contributed by atoms with Crippen LogP contribution in [0.25, 0.3) is 22.0 Å². The van der Waals surface area contributed by atoms with Crippen molar-refractivity contribution in [1.82, 2.24) is 9.97 Å². The van der Waals surface area contributed by atoms with Gasteiger partial charge in [-0.2, -0.15) is 4.39 Å². The lowest BCUT2D eigenvalue weighted by Gasteiger charge is -2.19. The summed E-state index contributed by atoms with van der Waals surface area (Å²) in [6.07, 6.45) is 3.04. The van der Waals surface area contributed by atoms with Crippen LogP contribution in [0.3, 0.4) is 0 Å². The summed E-state index contributed by atoms with van der Waals surface area (Å²) in [6, 6.07) is 15.0. The molecule has 0 unspecified atom stereocenters. The van der Waals surface area contributed by atoms with Crippen molar-refractivity contribution in [3.63, 3.8) is 0 Å². The Balaban J connectivity index is 1.78. The lowest BCUT2D eigenvalue weighted by atomic mass is 10.0. The summed E-state index contributed by atoms with van der Waals surface area (Å²) >= 11 is 6.41. The summed E-state index contributed by atoms with van der Waals surface area (Å²) in [5.41, 5.74) is 3.58. The minimum atomic E-state index is -0.532. The van der Waals surface area contributed by atoms with E-state index in [1.54, 1.807) is 30.5 Å². The molecule has 0 radical (unpaired) electrons. The van der Waals surface area contributed by atoms with Crippen molar-refractivity contribution in [3.05, 3.63) is 89.3 Å². The zero-order valence-corrected chi connectivity index (χ0v) is 15.7. The molecule has 0 saturated carbocycles. The Morgan fingerprint density at radius 2 is 1.71 bits per heavy atom. The van der Waals surface area contributed by atoms with E-state index in [0.717, 1.165) is 22.0 Å². The molecule has 6 heteroatoms. The predicted octanol–water partition coefficient (Wildman–Crippen LogP) is 6.40. The summed E-state index contributed by atoms with van der Waals surface area (Å²) in [5.74, 6) is -0.814. The summed E-state index contributed by atoms with van der Waals surface area (Å²) < 4.78 is 27.3. The Morgan fingerprint density at radius 1 is 0.929 bits per heavy atom. The number of halogens is 3. The first-order valence-corrected chi connectivity index (χ1v) is 9.12. The zero-order chi connectivity index (χ0) is 19.7. The van der Waals surface area contributed by atoms with Gasteiger partial charge in [-0.1, -0.05) is 35.9 Å². The quantitative estimate of drug-likeness (QED) is 0.406. The molecule has 0 aliphatic carbocycles. The molecule has 0 aliphatic heterocycles. The maximum absolute atomic E-state index is 14.2. The number of pyridine rings is 2. The number of hydrogen-bond donors (Lipinski definition) is 1. The van der Waals surface area contributed by atoms with Crippen LogP contribution in [0.4, 0.5) is 14.5 Å². The fraction of sp³-hybridized carbons (Fsp3) is 0.0909. The highest BCUT2D eigenvalue weighted by molar-refractivity contribution is 6.34. The van der Waals surface area contributed by atoms with Gasteiger partial charge in [0.25, 0.3) is 0 Å². The summed E-state index contributed by atoms with van der Waals surface area (Å²) in [6.45, 7) is 1.87. The van der Waals surface area contributed by atoms with Crippen LogP contribution in [0.5, 0.6) is 0 Å². The third-order valence-electron chi connectivity index (χ3n) is 4.61. The number of benzene rings is 2. The number of fused-ring (bicyclic) bond motifs is 1. The first-order valence-electron chi connectivity index (χ1n) is 8.74. The van der Waals surface area contributed by atoms with E-state index in [-0.39, 0.29) is 11.9 Å². The molecule has 2 aromatic heterocycles. The van der Waals surface area contributed by atoms with Crippen molar-refractivity contribution in [2.75, 3.05) is 5.32 Å². The van der Waals surface area contributed by atoms with Crippen LogP contribution < -0.4 is 5.32 Å². The second-order valence-electron chi connectivity index (χ2n) is 6.47. The number of aromatic nitrogens is 2. The molecule has 4 aromatic rings. The van der Waals surface area contributed by atoms with Gasteiger partial charge in [-0.3, -0.25) is 4.98 Å². The second-order valence-corrected chi connectivity index (χ2v) is 6.88. The summed E-state index contributed by atoms with van der Waals surface area (Å²) in [5, 5.41) is 4.54. The Bertz CT molecular complexity index is 1150. The van der Waals surface area contributed by atoms with Crippen LogP contribution in [-0.2, 0) is 0 Å². The van der Waals surface area contributed by atoms with Crippen LogP contribution in [0.15, 0.2) is 67.0 Å². The van der Waals surface area contributed by atoms with Gasteiger partial charge < -0.3 is 5.32 Å². The monoisotopic (exact) mass is 395 g/mol. The van der Waals surface area contributed by atoms with Crippen LogP contribution in [-0.4, -0.2) is 9.97 Å². The molecular weight excluding hydrogens is 380 g/mol. The Labute approximate surface area is 166 Å². The maximum atomic E-state index is 14.2. The van der Waals surface area contributed by atoms with E-state index in [1.807, 2.05) is 25.1 Å². The molecule has 4 rings (SSSR count). The van der Waals surface area contributed by atoms with Crippen LogP contribution >= 0.6 is 11.6 Å². The molecule has 1 atom stereocenters. The molecule has 0 fully saturated rings. The molecule has 0 aliphatic rings. The smallest absolute Gasteiger partial charge is 0.212 e. The van der Waals surface area contributed by atoms with Gasteiger partial charge in [0.05, 0.1) is 22.3 Å². The Hall–Kier alpha value is -3.05. The van der Waals surface area contributed by atoms with Crippen LogP contribution in [0.1, 0.15) is 18.5 Å². The number of nitrogens with zero attached hydrogens (tertiary/aromatic N) is 2. The van der Waals surface area contributed by atoms with E-state index in [1.165, 1.54) is 18.3 Å². The maximum Gasteiger partial charge on any atom is 0.212 e. The third kappa shape index (κ3) is 3.53. The first-order chi connectivity index (χ1) is 13.5. The standard InChI is InChI=1S/C22H16ClF2N3/c1-13(16-4-2-3-5-19(16)24)28-22-17-10-14(15-7-9-21(25)27-11-15)6-8-20(17)26-12-18(22)23/h2-13H,1H3,(H,26,28)/t13-/m1/s1. The van der Waals surface area contributed by atoms with Gasteiger partial charge in [0.2, 0.25) is 5.95 Å². The predicted molar refractivity (Wildman–Crippen MR) is 108 cm³/mol. The molecule has 0 saturated heterocycles. The molecule has 0 spiro atoms. The van der Waals surface area contributed by atoms with Crippen molar-refractivity contribution in [3.8, 4) is 11.1 Å². The highest BCUT2D eigenvalue weighted by Crippen LogP contribution is 2.35. The van der Waals surface area contributed by atoms with E-state index in [2.05, 4.69) is 15.3 Å². The van der Waals surface area contributed by atoms with E-state index in [9.17, 15) is 8.78 Å². The van der Waals surface area contributed by atoms with Gasteiger partial charge >= 0.3 is 0 Å². The first kappa shape index (κ1) is 18.3. The van der Waals surface area contributed by atoms with E-state index < -0.39 is 5.95 Å². The largest absolute Gasteiger partial charge is 0.377 e. The van der Waals surface area contributed by atoms with Gasteiger partial charge in [-0.25, -0.2) is 9.37 Å². The lowest BCUT2D eigenvalue weighted by molar-refractivity contribution is 0.584. The van der Waals surface area contributed by atoms with Crippen LogP contribution in [0.2, 0.25) is 5.02 Å². The molecular formula is C22H16ClF2N3. The highest BCUT2D eigenvalue weighted by Gasteiger charge is 2.15. The van der Waals surface area contributed by atoms with Gasteiger partial charge in [-0.05, 0) is 42.8 Å². The van der Waals surface area contributed by atoms with E-state index in [0.29, 0.717) is 16.3 Å². The van der Waals surface area contributed by atoms with Crippen LogP contribution in [0, 0.1) is 11.8 Å². The molecule has 1 N–H and O–H groups in total. The van der Waals surface area contributed by atoms with Crippen molar-refractivity contribution < 1.29 is 8.78 Å². The molecule has 0 bridgehead atoms. The number of anilines is 1. The van der Waals surface area contributed by atoms with Crippen molar-refractivity contribution in [2.45, 2.75) is 13.0 Å². The molecule has 0 amide bonds. The number of hydrogen-bond acceptors (Lipinski definition) is 3. The molecule has 2 heterocycles. The minimum Gasteiger partial charge on any atom is -0.377 e. The second kappa shape index (κ2) is 7.52. The third-order valence-corrected chi connectivity index (χ3v) is 4.90. The molecule has 2 aromatic carbocycles. The van der Waals surface area contributed by atoms with Crippen molar-refractivity contribution >= 4 is 28.2 Å². The summed E-state index contributed by atoms with van der Waals surface area (Å²) in [4.78, 5) is 8.07. The highest BCUT2D eigenvalue weighted by atomic mass is 35.5. The van der Waals surface area contributed by atoms with E-state index in [4.69, 9.17) is 11.6 Å². The average Bonchev–Trinajstić information content (AvgIpc) is 2.70. The van der Waals surface area contributed by atoms with Crippen molar-refractivity contribution in [2.24, 2.45) is 0 Å². The Kier molecular flexibility index (Phi) is 4.92. The zero-order valence-electron chi connectivity index (χ0n) is 15.0. The Morgan fingerprint density at radius 3 is 2.46 bits per heavy atom. The normalized spacial score (nSPS) is 12.1. The average molecular weight is 396 g/mol. The lowest BCUT2D eigenvalue weighted by Crippen LogP contribution is -2.09. The number of rotatable bonds is 4. The van der Waals surface area contributed by atoms with Gasteiger partial charge in [0.15, 0.2) is 0 Å². The molecule has 3 nitrogen and oxygen atoms in total. The fourth-order valence-corrected chi connectivity index (χ4v) is 3.37. The topological polar surface area (TPSA) is 37.8 Å². The SMILES string of the molecule is C[C@@H](Nc1c(Cl)cnc2ccc(-c3ccc(F)nc3)cc12)c1ccccc1F. The summed E-state index contributed by atoms with van der Waals surface area (Å²) in [7, 11) is 0.